The number of carbonyl (C=O) groups is 2. The summed E-state index contributed by atoms with van der Waals surface area (Å²) in [6.07, 6.45) is 0.0637. The first kappa shape index (κ1) is 17.8. The molecule has 0 unspecified atom stereocenters. The Bertz CT molecular complexity index is 788. The molecular weight excluding hydrogens is 337 g/mol. The lowest BCUT2D eigenvalue weighted by Gasteiger charge is -2.34. The van der Waals surface area contributed by atoms with Crippen LogP contribution in [0.4, 0.5) is 16.0 Å². The Labute approximate surface area is 150 Å². The summed E-state index contributed by atoms with van der Waals surface area (Å²) in [5, 5.41) is 10.8. The predicted molar refractivity (Wildman–Crippen MR) is 95.2 cm³/mol. The minimum atomic E-state index is -0.371. The fourth-order valence-corrected chi connectivity index (χ4v) is 2.83. The van der Waals surface area contributed by atoms with Gasteiger partial charge in [0.2, 0.25) is 11.8 Å². The number of rotatable bonds is 4. The highest BCUT2D eigenvalue weighted by molar-refractivity contribution is 5.91. The highest BCUT2D eigenvalue weighted by atomic mass is 19.1. The van der Waals surface area contributed by atoms with Crippen LogP contribution in [0.5, 0.6) is 0 Å². The molecule has 8 heteroatoms. The molecule has 26 heavy (non-hydrogen) atoms. The molecule has 0 radical (unpaired) electrons. The Kier molecular flexibility index (Phi) is 5.40. The van der Waals surface area contributed by atoms with Crippen molar-refractivity contribution in [3.8, 4) is 0 Å². The normalized spacial score (nSPS) is 14.2. The summed E-state index contributed by atoms with van der Waals surface area (Å²) in [4.78, 5) is 27.2. The summed E-state index contributed by atoms with van der Waals surface area (Å²) in [5.41, 5.74) is 0.593. The smallest absolute Gasteiger partial charge is 0.229 e. The lowest BCUT2D eigenvalue weighted by molar-refractivity contribution is -0.129. The molecule has 0 atom stereocenters. The van der Waals surface area contributed by atoms with E-state index in [9.17, 15) is 14.0 Å². The molecule has 0 aliphatic carbocycles. The molecule has 3 rings (SSSR count). The first-order chi connectivity index (χ1) is 12.5. The number of hydrogen-bond acceptors (Lipinski definition) is 5. The van der Waals surface area contributed by atoms with Crippen LogP contribution in [-0.4, -0.2) is 53.1 Å². The summed E-state index contributed by atoms with van der Waals surface area (Å²) in [6.45, 7) is 4.27. The lowest BCUT2D eigenvalue weighted by Crippen LogP contribution is -2.48. The number of halogens is 1. The SMILES string of the molecule is CC(=O)N1CCN(c2ccc(NC(=O)Cc3cccc(F)c3)nn2)CC1. The fourth-order valence-electron chi connectivity index (χ4n) is 2.83. The summed E-state index contributed by atoms with van der Waals surface area (Å²) in [5.74, 6) is 0.470. The van der Waals surface area contributed by atoms with Crippen molar-refractivity contribution in [2.75, 3.05) is 36.4 Å². The van der Waals surface area contributed by atoms with Crippen LogP contribution in [0.2, 0.25) is 0 Å². The zero-order chi connectivity index (χ0) is 18.5. The quantitative estimate of drug-likeness (QED) is 0.896. The summed E-state index contributed by atoms with van der Waals surface area (Å²) < 4.78 is 13.2. The van der Waals surface area contributed by atoms with Gasteiger partial charge in [-0.2, -0.15) is 0 Å². The molecule has 7 nitrogen and oxygen atoms in total. The van der Waals surface area contributed by atoms with Crippen LogP contribution in [-0.2, 0) is 16.0 Å². The first-order valence-electron chi connectivity index (χ1n) is 8.40. The summed E-state index contributed by atoms with van der Waals surface area (Å²) >= 11 is 0. The van der Waals surface area contributed by atoms with Gasteiger partial charge in [0.15, 0.2) is 11.6 Å². The van der Waals surface area contributed by atoms with Gasteiger partial charge in [-0.25, -0.2) is 4.39 Å². The third-order valence-electron chi connectivity index (χ3n) is 4.22. The maximum atomic E-state index is 13.2. The van der Waals surface area contributed by atoms with E-state index in [0.717, 1.165) is 0 Å². The second-order valence-electron chi connectivity index (χ2n) is 6.12. The Morgan fingerprint density at radius 2 is 1.88 bits per heavy atom. The molecule has 1 aliphatic heterocycles. The van der Waals surface area contributed by atoms with Crippen molar-refractivity contribution in [3.63, 3.8) is 0 Å². The van der Waals surface area contributed by atoms with Crippen molar-refractivity contribution in [3.05, 3.63) is 47.8 Å². The minimum absolute atomic E-state index is 0.0637. The lowest BCUT2D eigenvalue weighted by atomic mass is 10.1. The van der Waals surface area contributed by atoms with Gasteiger partial charge in [0, 0.05) is 33.1 Å². The van der Waals surface area contributed by atoms with E-state index in [1.807, 2.05) is 4.90 Å². The maximum absolute atomic E-state index is 13.2. The molecule has 0 saturated carbocycles. The number of carbonyl (C=O) groups excluding carboxylic acids is 2. The van der Waals surface area contributed by atoms with Crippen LogP contribution < -0.4 is 10.2 Å². The number of aromatic nitrogens is 2. The number of amides is 2. The molecule has 0 bridgehead atoms. The fraction of sp³-hybridized carbons (Fsp3) is 0.333. The van der Waals surface area contributed by atoms with E-state index in [2.05, 4.69) is 15.5 Å². The average molecular weight is 357 g/mol. The number of anilines is 2. The predicted octanol–water partition coefficient (Wildman–Crippen LogP) is 1.47. The van der Waals surface area contributed by atoms with Crippen LogP contribution in [0.15, 0.2) is 36.4 Å². The highest BCUT2D eigenvalue weighted by Gasteiger charge is 2.19. The van der Waals surface area contributed by atoms with Crippen LogP contribution in [0, 0.1) is 5.82 Å². The minimum Gasteiger partial charge on any atom is -0.352 e. The number of hydrogen-bond donors (Lipinski definition) is 1. The van der Waals surface area contributed by atoms with Gasteiger partial charge >= 0.3 is 0 Å². The van der Waals surface area contributed by atoms with E-state index in [-0.39, 0.29) is 24.1 Å². The average Bonchev–Trinajstić information content (AvgIpc) is 2.62. The van der Waals surface area contributed by atoms with E-state index in [4.69, 9.17) is 0 Å². The van der Waals surface area contributed by atoms with Gasteiger partial charge in [-0.15, -0.1) is 10.2 Å². The number of nitrogens with zero attached hydrogens (tertiary/aromatic N) is 4. The Morgan fingerprint density at radius 1 is 1.12 bits per heavy atom. The molecule has 2 aromatic rings. The van der Waals surface area contributed by atoms with E-state index in [0.29, 0.717) is 43.4 Å². The van der Waals surface area contributed by atoms with E-state index in [1.165, 1.54) is 12.1 Å². The monoisotopic (exact) mass is 357 g/mol. The molecule has 1 saturated heterocycles. The van der Waals surface area contributed by atoms with Crippen LogP contribution in [0.3, 0.4) is 0 Å². The van der Waals surface area contributed by atoms with Crippen molar-refractivity contribution in [1.29, 1.82) is 0 Å². The van der Waals surface area contributed by atoms with Gasteiger partial charge in [0.25, 0.3) is 0 Å². The maximum Gasteiger partial charge on any atom is 0.229 e. The zero-order valence-electron chi connectivity index (χ0n) is 14.5. The second-order valence-corrected chi connectivity index (χ2v) is 6.12. The molecule has 2 amide bonds. The molecule has 1 aromatic carbocycles. The zero-order valence-corrected chi connectivity index (χ0v) is 14.5. The van der Waals surface area contributed by atoms with E-state index in [1.54, 1.807) is 36.1 Å². The summed E-state index contributed by atoms with van der Waals surface area (Å²) in [7, 11) is 0. The van der Waals surface area contributed by atoms with Crippen molar-refractivity contribution < 1.29 is 14.0 Å². The molecule has 0 spiro atoms. The van der Waals surface area contributed by atoms with E-state index >= 15 is 0 Å². The Hall–Kier alpha value is -3.03. The van der Waals surface area contributed by atoms with Crippen molar-refractivity contribution in [2.24, 2.45) is 0 Å². The molecule has 1 N–H and O–H groups in total. The highest BCUT2D eigenvalue weighted by Crippen LogP contribution is 2.14. The van der Waals surface area contributed by atoms with Gasteiger partial charge in [-0.3, -0.25) is 9.59 Å². The van der Waals surface area contributed by atoms with Crippen LogP contribution in [0.1, 0.15) is 12.5 Å². The summed E-state index contributed by atoms with van der Waals surface area (Å²) in [6, 6.07) is 9.39. The second kappa shape index (κ2) is 7.90. The first-order valence-corrected chi connectivity index (χ1v) is 8.40. The van der Waals surface area contributed by atoms with Gasteiger partial charge < -0.3 is 15.1 Å². The largest absolute Gasteiger partial charge is 0.352 e. The third-order valence-corrected chi connectivity index (χ3v) is 4.22. The Morgan fingerprint density at radius 3 is 2.50 bits per heavy atom. The van der Waals surface area contributed by atoms with Crippen molar-refractivity contribution >= 4 is 23.5 Å². The van der Waals surface area contributed by atoms with Crippen molar-refractivity contribution in [2.45, 2.75) is 13.3 Å². The van der Waals surface area contributed by atoms with Gasteiger partial charge in [-0.1, -0.05) is 12.1 Å². The molecule has 136 valence electrons. The van der Waals surface area contributed by atoms with Crippen molar-refractivity contribution in [1.82, 2.24) is 15.1 Å². The van der Waals surface area contributed by atoms with Gasteiger partial charge in [-0.05, 0) is 29.8 Å². The Balaban J connectivity index is 1.54. The van der Waals surface area contributed by atoms with Crippen LogP contribution in [0.25, 0.3) is 0 Å². The van der Waals surface area contributed by atoms with E-state index < -0.39 is 0 Å². The topological polar surface area (TPSA) is 78.4 Å². The number of nitrogens with one attached hydrogen (secondary N) is 1. The molecule has 1 aromatic heterocycles. The number of benzene rings is 1. The third kappa shape index (κ3) is 4.53. The molecule has 1 aliphatic rings. The molecule has 1 fully saturated rings. The van der Waals surface area contributed by atoms with Gasteiger partial charge in [0.05, 0.1) is 6.42 Å². The van der Waals surface area contributed by atoms with Crippen LogP contribution >= 0.6 is 0 Å². The van der Waals surface area contributed by atoms with Gasteiger partial charge in [0.1, 0.15) is 5.82 Å². The molecular formula is C18H20FN5O2. The number of piperazine rings is 1. The standard InChI is InChI=1S/C18H20FN5O2/c1-13(25)23-7-9-24(10-8-23)17-6-5-16(21-22-17)20-18(26)12-14-3-2-4-15(19)11-14/h2-6,11H,7-10,12H2,1H3,(H,20,21,26). The molecule has 2 heterocycles.